The van der Waals surface area contributed by atoms with E-state index in [-0.39, 0.29) is 24.7 Å². The molecule has 0 unspecified atom stereocenters. The fourth-order valence-electron chi connectivity index (χ4n) is 3.29. The first kappa shape index (κ1) is 20.0. The number of anilines is 1. The molecule has 1 aliphatic heterocycles. The molecule has 2 N–H and O–H groups in total. The van der Waals surface area contributed by atoms with Gasteiger partial charge in [0, 0.05) is 19.2 Å². The van der Waals surface area contributed by atoms with Crippen molar-refractivity contribution >= 4 is 24.3 Å². The number of aromatic nitrogens is 5. The Hall–Kier alpha value is -2.71. The van der Waals surface area contributed by atoms with Crippen molar-refractivity contribution in [3.8, 4) is 5.69 Å². The molecule has 0 aliphatic carbocycles. The van der Waals surface area contributed by atoms with Crippen LogP contribution in [-0.4, -0.2) is 43.5 Å². The maximum Gasteiger partial charge on any atom is 0.231 e. The first-order valence-corrected chi connectivity index (χ1v) is 9.19. The van der Waals surface area contributed by atoms with Gasteiger partial charge in [0.15, 0.2) is 5.82 Å². The number of aryl methyl sites for hydroxylation is 1. The molecular weight excluding hydrogens is 378 g/mol. The second-order valence-corrected chi connectivity index (χ2v) is 6.80. The lowest BCUT2D eigenvalue weighted by atomic mass is 9.98. The SMILES string of the molecule is Cl.Cn1nc(C2CCNCC2)nc1NC(=O)Cc1cnn(-c2ccccc2)c1. The van der Waals surface area contributed by atoms with Crippen molar-refractivity contribution in [2.75, 3.05) is 18.4 Å². The predicted octanol–water partition coefficient (Wildman–Crippen LogP) is 2.07. The highest BCUT2D eigenvalue weighted by atomic mass is 35.5. The van der Waals surface area contributed by atoms with E-state index in [1.54, 1.807) is 22.6 Å². The third kappa shape index (κ3) is 4.58. The van der Waals surface area contributed by atoms with Gasteiger partial charge in [-0.1, -0.05) is 18.2 Å². The number of amides is 1. The number of carbonyl (C=O) groups excluding carboxylic acids is 1. The molecule has 1 amide bonds. The Morgan fingerprint density at radius 2 is 2.00 bits per heavy atom. The predicted molar refractivity (Wildman–Crippen MR) is 109 cm³/mol. The number of hydrogen-bond acceptors (Lipinski definition) is 5. The lowest BCUT2D eigenvalue weighted by Crippen LogP contribution is -2.27. The van der Waals surface area contributed by atoms with Gasteiger partial charge >= 0.3 is 0 Å². The Kier molecular flexibility index (Phi) is 6.43. The maximum absolute atomic E-state index is 12.4. The van der Waals surface area contributed by atoms with E-state index in [2.05, 4.69) is 25.8 Å². The van der Waals surface area contributed by atoms with Crippen molar-refractivity contribution in [1.29, 1.82) is 0 Å². The molecule has 3 heterocycles. The van der Waals surface area contributed by atoms with Crippen LogP contribution < -0.4 is 10.6 Å². The summed E-state index contributed by atoms with van der Waals surface area (Å²) < 4.78 is 3.41. The van der Waals surface area contributed by atoms with Crippen molar-refractivity contribution in [3.63, 3.8) is 0 Å². The van der Waals surface area contributed by atoms with Crippen LogP contribution in [0.25, 0.3) is 5.69 Å². The second kappa shape index (κ2) is 8.99. The van der Waals surface area contributed by atoms with Crippen LogP contribution in [-0.2, 0) is 18.3 Å². The van der Waals surface area contributed by atoms with Crippen LogP contribution in [0.3, 0.4) is 0 Å². The summed E-state index contributed by atoms with van der Waals surface area (Å²) in [5, 5.41) is 15.0. The summed E-state index contributed by atoms with van der Waals surface area (Å²) in [5.41, 5.74) is 1.81. The first-order chi connectivity index (χ1) is 13.2. The van der Waals surface area contributed by atoms with Crippen molar-refractivity contribution in [1.82, 2.24) is 29.9 Å². The van der Waals surface area contributed by atoms with Crippen molar-refractivity contribution in [3.05, 3.63) is 54.1 Å². The third-order valence-electron chi connectivity index (χ3n) is 4.76. The highest BCUT2D eigenvalue weighted by Crippen LogP contribution is 2.23. The second-order valence-electron chi connectivity index (χ2n) is 6.80. The molecule has 0 atom stereocenters. The molecule has 148 valence electrons. The summed E-state index contributed by atoms with van der Waals surface area (Å²) in [6, 6.07) is 9.81. The molecule has 2 aromatic heterocycles. The number of para-hydroxylation sites is 1. The van der Waals surface area contributed by atoms with Crippen molar-refractivity contribution in [2.45, 2.75) is 25.2 Å². The van der Waals surface area contributed by atoms with Gasteiger partial charge in [-0.05, 0) is 43.6 Å². The summed E-state index contributed by atoms with van der Waals surface area (Å²) in [4.78, 5) is 17.0. The third-order valence-corrected chi connectivity index (χ3v) is 4.76. The number of hydrogen-bond donors (Lipinski definition) is 2. The molecule has 1 aliphatic rings. The Morgan fingerprint density at radius 1 is 1.25 bits per heavy atom. The Morgan fingerprint density at radius 3 is 2.75 bits per heavy atom. The molecular formula is C19H24ClN7O. The molecule has 1 saturated heterocycles. The van der Waals surface area contributed by atoms with Crippen molar-refractivity contribution in [2.24, 2.45) is 7.05 Å². The molecule has 0 radical (unpaired) electrons. The molecule has 4 rings (SSSR count). The Bertz CT molecular complexity index is 916. The number of benzene rings is 1. The molecule has 9 heteroatoms. The van der Waals surface area contributed by atoms with Gasteiger partial charge in [-0.25, -0.2) is 9.36 Å². The monoisotopic (exact) mass is 401 g/mol. The van der Waals surface area contributed by atoms with E-state index in [0.29, 0.717) is 11.9 Å². The minimum absolute atomic E-state index is 0. The van der Waals surface area contributed by atoms with Gasteiger partial charge < -0.3 is 5.32 Å². The zero-order valence-corrected chi connectivity index (χ0v) is 16.5. The highest BCUT2D eigenvalue weighted by molar-refractivity contribution is 5.90. The van der Waals surface area contributed by atoms with Crippen LogP contribution in [0.5, 0.6) is 0 Å². The molecule has 8 nitrogen and oxygen atoms in total. The summed E-state index contributed by atoms with van der Waals surface area (Å²) in [6.45, 7) is 1.96. The topological polar surface area (TPSA) is 89.7 Å². The minimum atomic E-state index is -0.130. The fourth-order valence-corrected chi connectivity index (χ4v) is 3.29. The van der Waals surface area contributed by atoms with Crippen LogP contribution in [0.1, 0.15) is 30.1 Å². The Labute approximate surface area is 169 Å². The molecule has 0 bridgehead atoms. The van der Waals surface area contributed by atoms with Gasteiger partial charge in [0.05, 0.1) is 18.3 Å². The standard InChI is InChI=1S/C19H23N7O.ClH/c1-25-19(23-18(24-25)15-7-9-20-10-8-15)22-17(27)11-14-12-21-26(13-14)16-5-3-2-4-6-16;/h2-6,12-13,15,20H,7-11H2,1H3,(H,22,23,24,27);1H. The van der Waals surface area contributed by atoms with E-state index < -0.39 is 0 Å². The van der Waals surface area contributed by atoms with E-state index in [1.807, 2.05) is 36.5 Å². The van der Waals surface area contributed by atoms with Crippen LogP contribution in [0.4, 0.5) is 5.95 Å². The number of carbonyl (C=O) groups is 1. The molecule has 28 heavy (non-hydrogen) atoms. The average Bonchev–Trinajstić information content (AvgIpc) is 3.30. The number of halogens is 1. The lowest BCUT2D eigenvalue weighted by Gasteiger charge is -2.19. The average molecular weight is 402 g/mol. The molecule has 1 fully saturated rings. The van der Waals surface area contributed by atoms with Gasteiger partial charge in [-0.15, -0.1) is 12.4 Å². The highest BCUT2D eigenvalue weighted by Gasteiger charge is 2.21. The van der Waals surface area contributed by atoms with Crippen LogP contribution in [0, 0.1) is 0 Å². The van der Waals surface area contributed by atoms with E-state index in [4.69, 9.17) is 0 Å². The van der Waals surface area contributed by atoms with Crippen LogP contribution >= 0.6 is 12.4 Å². The minimum Gasteiger partial charge on any atom is -0.317 e. The van der Waals surface area contributed by atoms with Gasteiger partial charge in [0.1, 0.15) is 0 Å². The first-order valence-electron chi connectivity index (χ1n) is 9.19. The fraction of sp³-hybridized carbons (Fsp3) is 0.368. The largest absolute Gasteiger partial charge is 0.317 e. The molecule has 3 aromatic rings. The van der Waals surface area contributed by atoms with Gasteiger partial charge in [-0.3, -0.25) is 10.1 Å². The van der Waals surface area contributed by atoms with Crippen LogP contribution in [0.15, 0.2) is 42.7 Å². The van der Waals surface area contributed by atoms with E-state index in [9.17, 15) is 4.79 Å². The maximum atomic E-state index is 12.4. The zero-order valence-electron chi connectivity index (χ0n) is 15.7. The Balaban J connectivity index is 0.00000225. The van der Waals surface area contributed by atoms with E-state index in [0.717, 1.165) is 43.0 Å². The molecule has 1 aromatic carbocycles. The number of nitrogens with one attached hydrogen (secondary N) is 2. The molecule has 0 saturated carbocycles. The number of piperidine rings is 1. The van der Waals surface area contributed by atoms with Crippen molar-refractivity contribution < 1.29 is 4.79 Å². The summed E-state index contributed by atoms with van der Waals surface area (Å²) in [6.07, 6.45) is 5.87. The zero-order chi connectivity index (χ0) is 18.6. The summed E-state index contributed by atoms with van der Waals surface area (Å²) >= 11 is 0. The summed E-state index contributed by atoms with van der Waals surface area (Å²) in [7, 11) is 1.81. The van der Waals surface area contributed by atoms with E-state index >= 15 is 0 Å². The smallest absolute Gasteiger partial charge is 0.231 e. The molecule has 0 spiro atoms. The quantitative estimate of drug-likeness (QED) is 0.683. The summed E-state index contributed by atoms with van der Waals surface area (Å²) in [5.74, 6) is 1.53. The van der Waals surface area contributed by atoms with Gasteiger partial charge in [-0.2, -0.15) is 15.2 Å². The lowest BCUT2D eigenvalue weighted by molar-refractivity contribution is -0.115. The normalized spacial score (nSPS) is 14.5. The van der Waals surface area contributed by atoms with Gasteiger partial charge in [0.2, 0.25) is 11.9 Å². The number of rotatable bonds is 5. The van der Waals surface area contributed by atoms with E-state index in [1.165, 1.54) is 0 Å². The number of nitrogens with zero attached hydrogens (tertiary/aromatic N) is 5. The van der Waals surface area contributed by atoms with Gasteiger partial charge in [0.25, 0.3) is 0 Å². The van der Waals surface area contributed by atoms with Crippen LogP contribution in [0.2, 0.25) is 0 Å².